The molecule has 1 aromatic carbocycles. The molecule has 1 unspecified atom stereocenters. The maximum absolute atomic E-state index is 13.6. The summed E-state index contributed by atoms with van der Waals surface area (Å²) in [5.74, 6) is 1.65. The van der Waals surface area contributed by atoms with Crippen LogP contribution in [-0.2, 0) is 0 Å². The van der Waals surface area contributed by atoms with Crippen LogP contribution >= 0.6 is 0 Å². The van der Waals surface area contributed by atoms with Crippen LogP contribution in [0.4, 0.5) is 16.2 Å². The van der Waals surface area contributed by atoms with Gasteiger partial charge >= 0.3 is 0 Å². The molecule has 1 N–H and O–H groups in total. The van der Waals surface area contributed by atoms with Crippen molar-refractivity contribution in [3.63, 3.8) is 0 Å². The minimum atomic E-state index is -0.451. The lowest BCUT2D eigenvalue weighted by Crippen LogP contribution is -2.17. The zero-order valence-corrected chi connectivity index (χ0v) is 13.3. The molecule has 0 saturated carbocycles. The zero-order valence-electron chi connectivity index (χ0n) is 13.3. The van der Waals surface area contributed by atoms with Crippen LogP contribution in [0.2, 0.25) is 0 Å². The van der Waals surface area contributed by atoms with Crippen molar-refractivity contribution in [3.8, 4) is 11.5 Å². The van der Waals surface area contributed by atoms with Crippen LogP contribution in [0.5, 0.6) is 11.5 Å². The van der Waals surface area contributed by atoms with Crippen LogP contribution in [0.1, 0.15) is 18.5 Å². The Morgan fingerprint density at radius 3 is 2.70 bits per heavy atom. The number of aromatic nitrogens is 2. The summed E-state index contributed by atoms with van der Waals surface area (Å²) in [7, 11) is 3.47. The second kappa shape index (κ2) is 6.28. The van der Waals surface area contributed by atoms with Gasteiger partial charge in [-0.25, -0.2) is 9.37 Å². The Kier molecular flexibility index (Phi) is 4.18. The molecule has 0 spiro atoms. The summed E-state index contributed by atoms with van der Waals surface area (Å²) in [6.45, 7) is 3.09. The first kappa shape index (κ1) is 15.3. The van der Waals surface area contributed by atoms with Gasteiger partial charge in [0.25, 0.3) is 0 Å². The fraction of sp³-hybridized carbons (Fsp3) is 0.375. The average Bonchev–Trinajstić information content (AvgIpc) is 2.55. The summed E-state index contributed by atoms with van der Waals surface area (Å²) in [6.07, 6.45) is 1.17. The molecule has 0 aliphatic carbocycles. The first-order chi connectivity index (χ1) is 11.0. The Balaban J connectivity index is 1.79. The number of ether oxygens (including phenoxy) is 2. The van der Waals surface area contributed by atoms with Crippen LogP contribution in [0, 0.1) is 5.82 Å². The highest BCUT2D eigenvalue weighted by Gasteiger charge is 2.16. The average molecular weight is 318 g/mol. The number of halogens is 1. The molecular weight excluding hydrogens is 299 g/mol. The van der Waals surface area contributed by atoms with Crippen LogP contribution in [-0.4, -0.2) is 37.3 Å². The number of nitrogens with zero attached hydrogens (tertiary/aromatic N) is 3. The fourth-order valence-corrected chi connectivity index (χ4v) is 2.35. The Bertz CT molecular complexity index is 708. The third-order valence-corrected chi connectivity index (χ3v) is 3.56. The SMILES string of the molecule is CC(Nc1ncc(F)c(N(C)C)n1)c1ccc2c(c1)OCCO2. The lowest BCUT2D eigenvalue weighted by atomic mass is 10.1. The van der Waals surface area contributed by atoms with Crippen molar-refractivity contribution in [1.29, 1.82) is 0 Å². The van der Waals surface area contributed by atoms with Crippen molar-refractivity contribution in [1.82, 2.24) is 9.97 Å². The van der Waals surface area contributed by atoms with Gasteiger partial charge in [0.05, 0.1) is 12.2 Å². The van der Waals surface area contributed by atoms with Gasteiger partial charge in [0.1, 0.15) is 13.2 Å². The number of anilines is 2. The molecule has 7 heteroatoms. The van der Waals surface area contributed by atoms with E-state index in [1.54, 1.807) is 19.0 Å². The Morgan fingerprint density at radius 2 is 1.96 bits per heavy atom. The highest BCUT2D eigenvalue weighted by atomic mass is 19.1. The molecule has 3 rings (SSSR count). The van der Waals surface area contributed by atoms with Crippen LogP contribution in [0.25, 0.3) is 0 Å². The lowest BCUT2D eigenvalue weighted by molar-refractivity contribution is 0.171. The van der Waals surface area contributed by atoms with Gasteiger partial charge in [-0.1, -0.05) is 6.07 Å². The van der Waals surface area contributed by atoms with Crippen molar-refractivity contribution >= 4 is 11.8 Å². The minimum absolute atomic E-state index is 0.0636. The van der Waals surface area contributed by atoms with E-state index in [2.05, 4.69) is 15.3 Å². The molecule has 0 amide bonds. The number of fused-ring (bicyclic) bond motifs is 1. The standard InChI is InChI=1S/C16H19FN4O2/c1-10(11-4-5-13-14(8-11)23-7-6-22-13)19-16-18-9-12(17)15(20-16)21(2)3/h4-5,8-10H,6-7H2,1-3H3,(H,18,19,20). The Hall–Kier alpha value is -2.57. The molecule has 1 atom stereocenters. The largest absolute Gasteiger partial charge is 0.486 e. The summed E-state index contributed by atoms with van der Waals surface area (Å²) in [4.78, 5) is 9.80. The first-order valence-electron chi connectivity index (χ1n) is 7.40. The van der Waals surface area contributed by atoms with Crippen molar-refractivity contribution in [2.24, 2.45) is 0 Å². The molecule has 1 aromatic heterocycles. The van der Waals surface area contributed by atoms with Crippen molar-refractivity contribution < 1.29 is 13.9 Å². The topological polar surface area (TPSA) is 59.5 Å². The second-order valence-electron chi connectivity index (χ2n) is 5.53. The summed E-state index contributed by atoms with van der Waals surface area (Å²) < 4.78 is 24.7. The predicted octanol–water partition coefficient (Wildman–Crippen LogP) is 2.63. The summed E-state index contributed by atoms with van der Waals surface area (Å²) in [5, 5.41) is 3.18. The number of hydrogen-bond acceptors (Lipinski definition) is 6. The molecule has 122 valence electrons. The van der Waals surface area contributed by atoms with Gasteiger partial charge in [0.2, 0.25) is 5.95 Å². The van der Waals surface area contributed by atoms with Crippen LogP contribution < -0.4 is 19.7 Å². The molecule has 0 bridgehead atoms. The first-order valence-corrected chi connectivity index (χ1v) is 7.40. The smallest absolute Gasteiger partial charge is 0.225 e. The Morgan fingerprint density at radius 1 is 1.22 bits per heavy atom. The van der Waals surface area contributed by atoms with Crippen molar-refractivity contribution in [3.05, 3.63) is 35.8 Å². The van der Waals surface area contributed by atoms with E-state index >= 15 is 0 Å². The van der Waals surface area contributed by atoms with E-state index in [9.17, 15) is 4.39 Å². The van der Waals surface area contributed by atoms with Crippen molar-refractivity contribution in [2.75, 3.05) is 37.5 Å². The Labute approximate surface area is 134 Å². The highest BCUT2D eigenvalue weighted by Crippen LogP contribution is 2.33. The molecule has 2 aromatic rings. The van der Waals surface area contributed by atoms with E-state index < -0.39 is 5.82 Å². The molecule has 2 heterocycles. The normalized spacial score (nSPS) is 14.3. The van der Waals surface area contributed by atoms with Crippen LogP contribution in [0.3, 0.4) is 0 Å². The second-order valence-corrected chi connectivity index (χ2v) is 5.53. The van der Waals surface area contributed by atoms with E-state index in [1.807, 2.05) is 25.1 Å². The van der Waals surface area contributed by atoms with Gasteiger partial charge in [0, 0.05) is 14.1 Å². The fourth-order valence-electron chi connectivity index (χ4n) is 2.35. The molecule has 0 saturated heterocycles. The summed E-state index contributed by atoms with van der Waals surface area (Å²) >= 11 is 0. The van der Waals surface area contributed by atoms with Gasteiger partial charge < -0.3 is 19.7 Å². The highest BCUT2D eigenvalue weighted by molar-refractivity contribution is 5.47. The molecule has 0 fully saturated rings. The minimum Gasteiger partial charge on any atom is -0.486 e. The third-order valence-electron chi connectivity index (χ3n) is 3.56. The van der Waals surface area contributed by atoms with E-state index in [-0.39, 0.29) is 11.9 Å². The third kappa shape index (κ3) is 3.28. The molecule has 0 radical (unpaired) electrons. The molecule has 1 aliphatic rings. The van der Waals surface area contributed by atoms with Gasteiger partial charge in [0.15, 0.2) is 23.1 Å². The van der Waals surface area contributed by atoms with E-state index in [1.165, 1.54) is 6.20 Å². The number of hydrogen-bond donors (Lipinski definition) is 1. The molecule has 23 heavy (non-hydrogen) atoms. The maximum atomic E-state index is 13.6. The quantitative estimate of drug-likeness (QED) is 0.935. The summed E-state index contributed by atoms with van der Waals surface area (Å²) in [6, 6.07) is 5.72. The maximum Gasteiger partial charge on any atom is 0.225 e. The predicted molar refractivity (Wildman–Crippen MR) is 85.8 cm³/mol. The lowest BCUT2D eigenvalue weighted by Gasteiger charge is -2.21. The van der Waals surface area contributed by atoms with E-state index in [0.717, 1.165) is 17.1 Å². The van der Waals surface area contributed by atoms with Gasteiger partial charge in [-0.3, -0.25) is 0 Å². The number of benzene rings is 1. The molecule has 6 nitrogen and oxygen atoms in total. The van der Waals surface area contributed by atoms with E-state index in [0.29, 0.717) is 19.2 Å². The van der Waals surface area contributed by atoms with Gasteiger partial charge in [-0.15, -0.1) is 0 Å². The van der Waals surface area contributed by atoms with E-state index in [4.69, 9.17) is 9.47 Å². The molecule has 1 aliphatic heterocycles. The zero-order chi connectivity index (χ0) is 16.4. The van der Waals surface area contributed by atoms with Gasteiger partial charge in [-0.05, 0) is 24.6 Å². The number of nitrogens with one attached hydrogen (secondary N) is 1. The van der Waals surface area contributed by atoms with Crippen molar-refractivity contribution in [2.45, 2.75) is 13.0 Å². The van der Waals surface area contributed by atoms with Gasteiger partial charge in [-0.2, -0.15) is 4.98 Å². The molecular formula is C16H19FN4O2. The van der Waals surface area contributed by atoms with Crippen LogP contribution in [0.15, 0.2) is 24.4 Å². The number of rotatable bonds is 4. The summed E-state index contributed by atoms with van der Waals surface area (Å²) in [5.41, 5.74) is 1.01. The monoisotopic (exact) mass is 318 g/mol.